The standard InChI is InChI=1S/C26H20N4O2/c1-17-13-21(30-25(31)20-14-18-5-2-3-6-19(18)15-20)8-9-24(17)32-26-22(7-4-11-28-26)23-10-12-27-16-29-23/h2-14,16H,15H2,1H3,(H,30,31). The first kappa shape index (κ1) is 19.6. The quantitative estimate of drug-likeness (QED) is 0.479. The maximum Gasteiger partial charge on any atom is 0.251 e. The molecular formula is C26H20N4O2. The molecule has 1 aliphatic rings. The van der Waals surface area contributed by atoms with Gasteiger partial charge in [-0.25, -0.2) is 15.0 Å². The van der Waals surface area contributed by atoms with Gasteiger partial charge in [0.15, 0.2) is 0 Å². The second-order valence-electron chi connectivity index (χ2n) is 7.53. The highest BCUT2D eigenvalue weighted by Gasteiger charge is 2.18. The maximum absolute atomic E-state index is 12.7. The molecule has 32 heavy (non-hydrogen) atoms. The first-order valence-corrected chi connectivity index (χ1v) is 10.3. The van der Waals surface area contributed by atoms with Gasteiger partial charge < -0.3 is 10.1 Å². The highest BCUT2D eigenvalue weighted by Crippen LogP contribution is 2.33. The summed E-state index contributed by atoms with van der Waals surface area (Å²) in [5, 5.41) is 2.99. The van der Waals surface area contributed by atoms with E-state index < -0.39 is 0 Å². The van der Waals surface area contributed by atoms with Gasteiger partial charge in [-0.05, 0) is 66.1 Å². The molecule has 2 aromatic carbocycles. The van der Waals surface area contributed by atoms with Crippen molar-refractivity contribution in [2.24, 2.45) is 0 Å². The number of ether oxygens (including phenoxy) is 1. The number of carbonyl (C=O) groups is 1. The number of nitrogens with one attached hydrogen (secondary N) is 1. The van der Waals surface area contributed by atoms with Crippen LogP contribution in [-0.4, -0.2) is 20.9 Å². The average molecular weight is 420 g/mol. The Morgan fingerprint density at radius 1 is 1.00 bits per heavy atom. The Morgan fingerprint density at radius 3 is 2.72 bits per heavy atom. The Hall–Kier alpha value is -4.32. The van der Waals surface area contributed by atoms with Crippen LogP contribution in [0.2, 0.25) is 0 Å². The second kappa shape index (κ2) is 8.43. The summed E-state index contributed by atoms with van der Waals surface area (Å²) < 4.78 is 6.10. The van der Waals surface area contributed by atoms with Gasteiger partial charge in [0.2, 0.25) is 5.88 Å². The summed E-state index contributed by atoms with van der Waals surface area (Å²) in [6, 6.07) is 19.2. The molecule has 0 bridgehead atoms. The maximum atomic E-state index is 12.7. The van der Waals surface area contributed by atoms with Crippen molar-refractivity contribution in [1.82, 2.24) is 15.0 Å². The molecule has 156 valence electrons. The summed E-state index contributed by atoms with van der Waals surface area (Å²) in [6.45, 7) is 1.93. The van der Waals surface area contributed by atoms with Crippen LogP contribution in [-0.2, 0) is 11.2 Å². The highest BCUT2D eigenvalue weighted by molar-refractivity contribution is 6.08. The number of hydrogen-bond acceptors (Lipinski definition) is 5. The van der Waals surface area contributed by atoms with Gasteiger partial charge in [0.05, 0.1) is 11.3 Å². The number of aromatic nitrogens is 3. The molecule has 0 radical (unpaired) electrons. The lowest BCUT2D eigenvalue weighted by atomic mass is 10.1. The van der Waals surface area contributed by atoms with Gasteiger partial charge in [-0.2, -0.15) is 0 Å². The normalized spacial score (nSPS) is 12.1. The molecule has 2 heterocycles. The van der Waals surface area contributed by atoms with Crippen LogP contribution in [0.5, 0.6) is 11.6 Å². The number of anilines is 1. The number of amides is 1. The lowest BCUT2D eigenvalue weighted by Crippen LogP contribution is -2.14. The Morgan fingerprint density at radius 2 is 1.91 bits per heavy atom. The Kier molecular flexibility index (Phi) is 5.17. The minimum atomic E-state index is -0.0926. The summed E-state index contributed by atoms with van der Waals surface area (Å²) in [4.78, 5) is 25.4. The van der Waals surface area contributed by atoms with Crippen molar-refractivity contribution < 1.29 is 9.53 Å². The molecular weight excluding hydrogens is 400 g/mol. The minimum Gasteiger partial charge on any atom is -0.438 e. The monoisotopic (exact) mass is 420 g/mol. The lowest BCUT2D eigenvalue weighted by Gasteiger charge is -2.13. The van der Waals surface area contributed by atoms with Gasteiger partial charge >= 0.3 is 0 Å². The summed E-state index contributed by atoms with van der Waals surface area (Å²) in [5.41, 5.74) is 6.14. The van der Waals surface area contributed by atoms with Crippen molar-refractivity contribution in [2.75, 3.05) is 5.32 Å². The molecule has 6 heteroatoms. The molecule has 0 saturated heterocycles. The Labute approximate surface area is 185 Å². The fraction of sp³-hybridized carbons (Fsp3) is 0.0769. The smallest absolute Gasteiger partial charge is 0.251 e. The number of rotatable bonds is 5. The van der Waals surface area contributed by atoms with E-state index in [9.17, 15) is 4.79 Å². The van der Waals surface area contributed by atoms with Crippen molar-refractivity contribution in [1.29, 1.82) is 0 Å². The number of nitrogens with zero attached hydrogens (tertiary/aromatic N) is 3. The first-order chi connectivity index (χ1) is 15.7. The third-order valence-electron chi connectivity index (χ3n) is 5.33. The zero-order valence-electron chi connectivity index (χ0n) is 17.4. The van der Waals surface area contributed by atoms with Crippen molar-refractivity contribution in [3.8, 4) is 22.9 Å². The van der Waals surface area contributed by atoms with Crippen LogP contribution in [0.15, 0.2) is 85.0 Å². The molecule has 0 atom stereocenters. The fourth-order valence-corrected chi connectivity index (χ4v) is 3.70. The summed E-state index contributed by atoms with van der Waals surface area (Å²) >= 11 is 0. The van der Waals surface area contributed by atoms with Crippen LogP contribution in [0.25, 0.3) is 17.3 Å². The zero-order valence-corrected chi connectivity index (χ0v) is 17.4. The lowest BCUT2D eigenvalue weighted by molar-refractivity contribution is -0.112. The van der Waals surface area contributed by atoms with Gasteiger partial charge in [-0.3, -0.25) is 4.79 Å². The number of aryl methyl sites for hydroxylation is 1. The molecule has 1 aliphatic carbocycles. The predicted octanol–water partition coefficient (Wildman–Crippen LogP) is 5.22. The van der Waals surface area contributed by atoms with Gasteiger partial charge in [-0.15, -0.1) is 0 Å². The molecule has 4 aromatic rings. The molecule has 0 spiro atoms. The fourth-order valence-electron chi connectivity index (χ4n) is 3.70. The summed E-state index contributed by atoms with van der Waals surface area (Å²) in [6.07, 6.45) is 7.45. The van der Waals surface area contributed by atoms with Crippen molar-refractivity contribution in [2.45, 2.75) is 13.3 Å². The third kappa shape index (κ3) is 3.98. The number of pyridine rings is 1. The zero-order chi connectivity index (χ0) is 21.9. The van der Waals surface area contributed by atoms with Crippen LogP contribution in [0.1, 0.15) is 16.7 Å². The minimum absolute atomic E-state index is 0.0926. The third-order valence-corrected chi connectivity index (χ3v) is 5.33. The van der Waals surface area contributed by atoms with E-state index in [1.165, 1.54) is 11.9 Å². The Bertz CT molecular complexity index is 1330. The summed E-state index contributed by atoms with van der Waals surface area (Å²) in [5.74, 6) is 1.02. The SMILES string of the molecule is Cc1cc(NC(=O)C2=Cc3ccccc3C2)ccc1Oc1ncccc1-c1ccncn1. The highest BCUT2D eigenvalue weighted by atomic mass is 16.5. The molecule has 0 unspecified atom stereocenters. The molecule has 0 aliphatic heterocycles. The molecule has 6 nitrogen and oxygen atoms in total. The van der Waals surface area contributed by atoms with E-state index in [1.807, 2.05) is 67.6 Å². The number of hydrogen-bond donors (Lipinski definition) is 1. The molecule has 5 rings (SSSR count). The molecule has 1 amide bonds. The number of fused-ring (bicyclic) bond motifs is 1. The largest absolute Gasteiger partial charge is 0.438 e. The molecule has 2 aromatic heterocycles. The van der Waals surface area contributed by atoms with Gasteiger partial charge in [0.1, 0.15) is 12.1 Å². The van der Waals surface area contributed by atoms with E-state index in [2.05, 4.69) is 26.3 Å². The van der Waals surface area contributed by atoms with Crippen molar-refractivity contribution in [3.05, 3.63) is 102 Å². The van der Waals surface area contributed by atoms with Crippen LogP contribution in [0.4, 0.5) is 5.69 Å². The molecule has 0 fully saturated rings. The van der Waals surface area contributed by atoms with E-state index in [-0.39, 0.29) is 5.91 Å². The van der Waals surface area contributed by atoms with Crippen LogP contribution < -0.4 is 10.1 Å². The molecule has 1 N–H and O–H groups in total. The average Bonchev–Trinajstić information content (AvgIpc) is 3.26. The Balaban J connectivity index is 1.33. The predicted molar refractivity (Wildman–Crippen MR) is 123 cm³/mol. The van der Waals surface area contributed by atoms with E-state index in [0.29, 0.717) is 23.7 Å². The van der Waals surface area contributed by atoms with Crippen LogP contribution in [0, 0.1) is 6.92 Å². The number of benzene rings is 2. The topological polar surface area (TPSA) is 77.0 Å². The van der Waals surface area contributed by atoms with E-state index in [0.717, 1.165) is 28.0 Å². The summed E-state index contributed by atoms with van der Waals surface area (Å²) in [7, 11) is 0. The number of carbonyl (C=O) groups excluding carboxylic acids is 1. The van der Waals surface area contributed by atoms with Crippen molar-refractivity contribution in [3.63, 3.8) is 0 Å². The van der Waals surface area contributed by atoms with Gasteiger partial charge in [0.25, 0.3) is 5.91 Å². The van der Waals surface area contributed by atoms with Gasteiger partial charge in [-0.1, -0.05) is 24.3 Å². The molecule has 0 saturated carbocycles. The van der Waals surface area contributed by atoms with Crippen LogP contribution in [0.3, 0.4) is 0 Å². The van der Waals surface area contributed by atoms with Gasteiger partial charge in [0, 0.05) is 30.1 Å². The van der Waals surface area contributed by atoms with E-state index >= 15 is 0 Å². The van der Waals surface area contributed by atoms with Crippen molar-refractivity contribution >= 4 is 17.7 Å². The second-order valence-corrected chi connectivity index (χ2v) is 7.53. The van der Waals surface area contributed by atoms with E-state index in [4.69, 9.17) is 4.74 Å². The van der Waals surface area contributed by atoms with Crippen LogP contribution >= 0.6 is 0 Å². The van der Waals surface area contributed by atoms with E-state index in [1.54, 1.807) is 12.4 Å². The first-order valence-electron chi connectivity index (χ1n) is 10.3.